The summed E-state index contributed by atoms with van der Waals surface area (Å²) in [6, 6.07) is 6.21. The molecule has 2 aromatic rings. The summed E-state index contributed by atoms with van der Waals surface area (Å²) < 4.78 is 14.7. The van der Waals surface area contributed by atoms with Crippen molar-refractivity contribution < 1.29 is 4.39 Å². The predicted molar refractivity (Wildman–Crippen MR) is 48.5 cm³/mol. The highest BCUT2D eigenvalue weighted by atomic mass is 35.5. The van der Waals surface area contributed by atoms with Crippen LogP contribution in [0.4, 0.5) is 4.39 Å². The summed E-state index contributed by atoms with van der Waals surface area (Å²) in [5, 5.41) is 4.29. The molecule has 0 fully saturated rings. The van der Waals surface area contributed by atoms with Gasteiger partial charge in [-0.1, -0.05) is 11.6 Å². The lowest BCUT2D eigenvalue weighted by Crippen LogP contribution is -1.97. The van der Waals surface area contributed by atoms with E-state index in [2.05, 4.69) is 5.10 Å². The van der Waals surface area contributed by atoms with Crippen molar-refractivity contribution >= 4 is 11.6 Å². The molecule has 0 radical (unpaired) electrons. The van der Waals surface area contributed by atoms with Crippen molar-refractivity contribution in [1.29, 1.82) is 0 Å². The molecule has 0 saturated carbocycles. The van der Waals surface area contributed by atoms with Crippen molar-refractivity contribution in [3.05, 3.63) is 47.5 Å². The quantitative estimate of drug-likeness (QED) is 0.686. The largest absolute Gasteiger partial charge is 0.238 e. The van der Waals surface area contributed by atoms with Gasteiger partial charge in [-0.15, -0.1) is 0 Å². The molecule has 4 heteroatoms. The minimum absolute atomic E-state index is 0.379. The molecule has 0 aliphatic rings. The molecule has 0 aliphatic carbocycles. The lowest BCUT2D eigenvalue weighted by molar-refractivity contribution is 0.611. The van der Waals surface area contributed by atoms with Gasteiger partial charge in [-0.25, -0.2) is 9.07 Å². The Morgan fingerprint density at radius 1 is 1.38 bits per heavy atom. The molecule has 0 aliphatic heterocycles. The van der Waals surface area contributed by atoms with Gasteiger partial charge in [0.15, 0.2) is 0 Å². The van der Waals surface area contributed by atoms with Crippen molar-refractivity contribution in [3.63, 3.8) is 0 Å². The third-order valence-corrected chi connectivity index (χ3v) is 1.90. The molecular weight excluding hydrogens is 191 g/mol. The van der Waals surface area contributed by atoms with Gasteiger partial charge in [0.1, 0.15) is 11.5 Å². The second kappa shape index (κ2) is 3.18. The summed E-state index contributed by atoms with van der Waals surface area (Å²) in [7, 11) is 0. The van der Waals surface area contributed by atoms with Gasteiger partial charge in [0.2, 0.25) is 0 Å². The molecule has 0 saturated heterocycles. The maximum atomic E-state index is 13.3. The molecule has 0 spiro atoms. The van der Waals surface area contributed by atoms with Crippen molar-refractivity contribution in [1.82, 2.24) is 9.78 Å². The van der Waals surface area contributed by atoms with Crippen molar-refractivity contribution in [2.24, 2.45) is 0 Å². The van der Waals surface area contributed by atoms with E-state index in [9.17, 15) is 4.39 Å². The summed E-state index contributed by atoms with van der Waals surface area (Å²) in [5.41, 5.74) is 0.398. The van der Waals surface area contributed by atoms with Crippen LogP contribution in [0.2, 0.25) is 5.02 Å². The first-order chi connectivity index (χ1) is 6.27. The van der Waals surface area contributed by atoms with Gasteiger partial charge in [0.25, 0.3) is 0 Å². The van der Waals surface area contributed by atoms with Gasteiger partial charge in [0, 0.05) is 17.4 Å². The van der Waals surface area contributed by atoms with Gasteiger partial charge in [-0.3, -0.25) is 0 Å². The van der Waals surface area contributed by atoms with Gasteiger partial charge in [0.05, 0.1) is 0 Å². The van der Waals surface area contributed by atoms with Crippen LogP contribution in [0.3, 0.4) is 0 Å². The van der Waals surface area contributed by atoms with Crippen LogP contribution < -0.4 is 0 Å². The fourth-order valence-electron chi connectivity index (χ4n) is 1.08. The molecule has 0 amide bonds. The molecular formula is C9H6ClFN2. The molecule has 1 aromatic heterocycles. The number of hydrogen-bond donors (Lipinski definition) is 0. The predicted octanol–water partition coefficient (Wildman–Crippen LogP) is 2.66. The van der Waals surface area contributed by atoms with E-state index in [0.717, 1.165) is 0 Å². The van der Waals surface area contributed by atoms with Crippen LogP contribution in [0.25, 0.3) is 5.69 Å². The smallest absolute Gasteiger partial charge is 0.150 e. The lowest BCUT2D eigenvalue weighted by Gasteiger charge is -2.02. The normalized spacial score (nSPS) is 10.3. The van der Waals surface area contributed by atoms with E-state index in [4.69, 9.17) is 11.6 Å². The number of halogens is 2. The Morgan fingerprint density at radius 3 is 2.85 bits per heavy atom. The van der Waals surface area contributed by atoms with E-state index in [1.54, 1.807) is 30.6 Å². The minimum atomic E-state index is -0.379. The SMILES string of the molecule is Fc1cc(Cl)ccc1-n1cccn1. The van der Waals surface area contributed by atoms with Crippen LogP contribution in [-0.4, -0.2) is 9.78 Å². The summed E-state index contributed by atoms with van der Waals surface area (Å²) in [6.45, 7) is 0. The maximum Gasteiger partial charge on any atom is 0.150 e. The summed E-state index contributed by atoms with van der Waals surface area (Å²) in [4.78, 5) is 0. The molecule has 1 heterocycles. The molecule has 0 bridgehead atoms. The Labute approximate surface area is 79.6 Å². The average molecular weight is 197 g/mol. The van der Waals surface area contributed by atoms with E-state index in [0.29, 0.717) is 10.7 Å². The molecule has 0 N–H and O–H groups in total. The first kappa shape index (κ1) is 8.26. The van der Waals surface area contributed by atoms with Crippen molar-refractivity contribution in [3.8, 4) is 5.69 Å². The van der Waals surface area contributed by atoms with Crippen molar-refractivity contribution in [2.45, 2.75) is 0 Å². The number of benzene rings is 1. The fourth-order valence-corrected chi connectivity index (χ4v) is 1.24. The van der Waals surface area contributed by atoms with Crippen LogP contribution in [-0.2, 0) is 0 Å². The second-order valence-corrected chi connectivity index (χ2v) is 2.98. The minimum Gasteiger partial charge on any atom is -0.238 e. The highest BCUT2D eigenvalue weighted by molar-refractivity contribution is 6.30. The van der Waals surface area contributed by atoms with E-state index < -0.39 is 0 Å². The van der Waals surface area contributed by atoms with Gasteiger partial charge in [-0.05, 0) is 24.3 Å². The first-order valence-electron chi connectivity index (χ1n) is 3.72. The molecule has 2 nitrogen and oxygen atoms in total. The van der Waals surface area contributed by atoms with E-state index in [-0.39, 0.29) is 5.82 Å². The molecule has 0 atom stereocenters. The van der Waals surface area contributed by atoms with E-state index >= 15 is 0 Å². The Bertz CT molecular complexity index is 412. The zero-order chi connectivity index (χ0) is 9.26. The monoisotopic (exact) mass is 196 g/mol. The van der Waals surface area contributed by atoms with Gasteiger partial charge in [-0.2, -0.15) is 5.10 Å². The van der Waals surface area contributed by atoms with Crippen LogP contribution in [0.1, 0.15) is 0 Å². The summed E-state index contributed by atoms with van der Waals surface area (Å²) in [6.07, 6.45) is 3.26. The van der Waals surface area contributed by atoms with E-state index in [1.165, 1.54) is 10.7 Å². The number of aromatic nitrogens is 2. The van der Waals surface area contributed by atoms with Gasteiger partial charge < -0.3 is 0 Å². The average Bonchev–Trinajstić information content (AvgIpc) is 2.56. The Hall–Kier alpha value is -1.35. The van der Waals surface area contributed by atoms with Gasteiger partial charge >= 0.3 is 0 Å². The summed E-state index contributed by atoms with van der Waals surface area (Å²) in [5.74, 6) is -0.379. The van der Waals surface area contributed by atoms with Crippen LogP contribution in [0, 0.1) is 5.82 Å². The fraction of sp³-hybridized carbons (Fsp3) is 0. The van der Waals surface area contributed by atoms with Crippen LogP contribution in [0.15, 0.2) is 36.7 Å². The first-order valence-corrected chi connectivity index (χ1v) is 4.10. The molecule has 1 aromatic carbocycles. The zero-order valence-corrected chi connectivity index (χ0v) is 7.37. The Balaban J connectivity index is 2.53. The third kappa shape index (κ3) is 1.55. The standard InChI is InChI=1S/C9H6ClFN2/c10-7-2-3-9(8(11)6-7)13-5-1-4-12-13/h1-6H. The zero-order valence-electron chi connectivity index (χ0n) is 6.61. The molecule has 66 valence electrons. The topological polar surface area (TPSA) is 17.8 Å². The maximum absolute atomic E-state index is 13.3. The lowest BCUT2D eigenvalue weighted by atomic mass is 10.3. The third-order valence-electron chi connectivity index (χ3n) is 1.66. The molecule has 2 rings (SSSR count). The number of rotatable bonds is 1. The van der Waals surface area contributed by atoms with E-state index in [1.807, 2.05) is 0 Å². The van der Waals surface area contributed by atoms with Crippen LogP contribution >= 0.6 is 11.6 Å². The highest BCUT2D eigenvalue weighted by Crippen LogP contribution is 2.17. The van der Waals surface area contributed by atoms with Crippen molar-refractivity contribution in [2.75, 3.05) is 0 Å². The number of hydrogen-bond acceptors (Lipinski definition) is 1. The molecule has 13 heavy (non-hydrogen) atoms. The molecule has 0 unspecified atom stereocenters. The summed E-state index contributed by atoms with van der Waals surface area (Å²) >= 11 is 5.61. The Kier molecular flexibility index (Phi) is 2.02. The van der Waals surface area contributed by atoms with Crippen LogP contribution in [0.5, 0.6) is 0 Å². The second-order valence-electron chi connectivity index (χ2n) is 2.55. The Morgan fingerprint density at radius 2 is 2.23 bits per heavy atom. The highest BCUT2D eigenvalue weighted by Gasteiger charge is 2.03. The number of nitrogens with zero attached hydrogens (tertiary/aromatic N) is 2.